The number of ether oxygens (including phenoxy) is 2. The van der Waals surface area contributed by atoms with E-state index in [1.165, 1.54) is 0 Å². The predicted molar refractivity (Wildman–Crippen MR) is 132 cm³/mol. The highest BCUT2D eigenvalue weighted by Gasteiger charge is 2.50. The first-order valence-electron chi connectivity index (χ1n) is 12.9. The van der Waals surface area contributed by atoms with Gasteiger partial charge in [0.1, 0.15) is 5.78 Å². The lowest BCUT2D eigenvalue weighted by Gasteiger charge is -2.49. The van der Waals surface area contributed by atoms with Crippen molar-refractivity contribution < 1.29 is 23.8 Å². The van der Waals surface area contributed by atoms with E-state index in [4.69, 9.17) is 13.9 Å². The third-order valence-corrected chi connectivity index (χ3v) is 13.0. The lowest BCUT2D eigenvalue weighted by atomic mass is 9.81. The van der Waals surface area contributed by atoms with Crippen LogP contribution in [0.5, 0.6) is 0 Å². The van der Waals surface area contributed by atoms with Crippen LogP contribution < -0.4 is 0 Å². The van der Waals surface area contributed by atoms with Gasteiger partial charge >= 0.3 is 0 Å². The van der Waals surface area contributed by atoms with Crippen LogP contribution >= 0.6 is 0 Å². The number of aliphatic hydroxyl groups excluding tert-OH is 1. The zero-order valence-corrected chi connectivity index (χ0v) is 23.2. The van der Waals surface area contributed by atoms with E-state index < -0.39 is 14.1 Å². The Kier molecular flexibility index (Phi) is 9.60. The standard InChI is InChI=1S/C26H50O5Si/c1-10-21(17-27)11-12-23-20(4)22(28)16-26(29-23)14-13-18(2)24(30-26)15-19(3)31-32(8,9)25(5,6)7/h18-21,23-24,27H,10-17H2,1-9H3/t18-,19+,20-,21+,23-,24-,26-/m0/s1. The van der Waals surface area contributed by atoms with Gasteiger partial charge in [0.25, 0.3) is 0 Å². The number of aliphatic hydroxyl groups is 1. The second-order valence-electron chi connectivity index (χ2n) is 12.1. The van der Waals surface area contributed by atoms with Crippen molar-refractivity contribution in [1.82, 2.24) is 0 Å². The second-order valence-corrected chi connectivity index (χ2v) is 16.9. The molecule has 1 spiro atoms. The van der Waals surface area contributed by atoms with Gasteiger partial charge in [-0.1, -0.05) is 48.0 Å². The Balaban J connectivity index is 2.06. The van der Waals surface area contributed by atoms with Gasteiger partial charge in [-0.15, -0.1) is 0 Å². The molecule has 0 amide bonds. The lowest BCUT2D eigenvalue weighted by molar-refractivity contribution is -0.323. The van der Waals surface area contributed by atoms with Gasteiger partial charge in [-0.25, -0.2) is 0 Å². The molecule has 2 heterocycles. The average Bonchev–Trinajstić information content (AvgIpc) is 2.68. The summed E-state index contributed by atoms with van der Waals surface area (Å²) < 4.78 is 19.9. The van der Waals surface area contributed by atoms with Crippen LogP contribution in [0.3, 0.4) is 0 Å². The molecule has 188 valence electrons. The minimum Gasteiger partial charge on any atom is -0.414 e. The van der Waals surface area contributed by atoms with Crippen molar-refractivity contribution in [3.8, 4) is 0 Å². The van der Waals surface area contributed by atoms with Crippen LogP contribution in [0.15, 0.2) is 0 Å². The number of hydrogen-bond acceptors (Lipinski definition) is 5. The van der Waals surface area contributed by atoms with Gasteiger partial charge < -0.3 is 19.0 Å². The first kappa shape index (κ1) is 28.0. The zero-order chi connectivity index (χ0) is 24.3. The molecule has 0 aromatic carbocycles. The molecule has 6 heteroatoms. The van der Waals surface area contributed by atoms with Crippen molar-refractivity contribution in [3.63, 3.8) is 0 Å². The molecular formula is C26H50O5Si. The molecule has 0 saturated carbocycles. The maximum atomic E-state index is 12.9. The monoisotopic (exact) mass is 470 g/mol. The molecule has 5 nitrogen and oxygen atoms in total. The molecule has 0 radical (unpaired) electrons. The molecule has 2 saturated heterocycles. The predicted octanol–water partition coefficient (Wildman–Crippen LogP) is 6.09. The van der Waals surface area contributed by atoms with Crippen LogP contribution in [0, 0.1) is 17.8 Å². The molecule has 7 atom stereocenters. The normalized spacial score (nSPS) is 34.0. The van der Waals surface area contributed by atoms with Gasteiger partial charge in [-0.2, -0.15) is 0 Å². The van der Waals surface area contributed by atoms with Crippen LogP contribution in [-0.2, 0) is 18.7 Å². The summed E-state index contributed by atoms with van der Waals surface area (Å²) in [5.74, 6) is 0.0353. The largest absolute Gasteiger partial charge is 0.414 e. The van der Waals surface area contributed by atoms with E-state index in [0.29, 0.717) is 12.3 Å². The Morgan fingerprint density at radius 1 is 1.22 bits per heavy atom. The summed E-state index contributed by atoms with van der Waals surface area (Å²) >= 11 is 0. The third kappa shape index (κ3) is 6.88. The molecule has 2 aliphatic rings. The van der Waals surface area contributed by atoms with Gasteiger partial charge in [-0.05, 0) is 62.6 Å². The van der Waals surface area contributed by atoms with Crippen LogP contribution in [-0.4, -0.2) is 49.9 Å². The maximum absolute atomic E-state index is 12.9. The van der Waals surface area contributed by atoms with E-state index >= 15 is 0 Å². The van der Waals surface area contributed by atoms with Gasteiger partial charge in [0.2, 0.25) is 0 Å². The molecular weight excluding hydrogens is 420 g/mol. The van der Waals surface area contributed by atoms with Crippen LogP contribution in [0.1, 0.15) is 93.4 Å². The first-order chi connectivity index (χ1) is 14.7. The minimum atomic E-state index is -1.84. The summed E-state index contributed by atoms with van der Waals surface area (Å²) in [4.78, 5) is 12.9. The quantitative estimate of drug-likeness (QED) is 0.413. The minimum absolute atomic E-state index is 0.0335. The van der Waals surface area contributed by atoms with Gasteiger partial charge in [0.15, 0.2) is 14.1 Å². The molecule has 0 bridgehead atoms. The number of Topliss-reactive ketones (excluding diaryl/α,β-unsaturated/α-hetero) is 1. The van der Waals surface area contributed by atoms with Crippen molar-refractivity contribution in [1.29, 1.82) is 0 Å². The van der Waals surface area contributed by atoms with Crippen molar-refractivity contribution >= 4 is 14.1 Å². The highest BCUT2D eigenvalue weighted by molar-refractivity contribution is 6.74. The van der Waals surface area contributed by atoms with Crippen LogP contribution in [0.25, 0.3) is 0 Å². The van der Waals surface area contributed by atoms with Crippen LogP contribution in [0.4, 0.5) is 0 Å². The Hall–Kier alpha value is -0.273. The summed E-state index contributed by atoms with van der Waals surface area (Å²) in [7, 11) is -1.84. The third-order valence-electron chi connectivity index (χ3n) is 8.42. The molecule has 0 unspecified atom stereocenters. The average molecular weight is 471 g/mol. The van der Waals surface area contributed by atoms with Crippen molar-refractivity contribution in [2.24, 2.45) is 17.8 Å². The van der Waals surface area contributed by atoms with Crippen LogP contribution in [0.2, 0.25) is 18.1 Å². The molecule has 2 rings (SSSR count). The van der Waals surface area contributed by atoms with Gasteiger partial charge in [0.05, 0.1) is 18.6 Å². The fourth-order valence-electron chi connectivity index (χ4n) is 4.82. The van der Waals surface area contributed by atoms with E-state index in [1.54, 1.807) is 0 Å². The number of ketones is 1. The zero-order valence-electron chi connectivity index (χ0n) is 22.2. The molecule has 2 aliphatic heterocycles. The Morgan fingerprint density at radius 2 is 1.84 bits per heavy atom. The van der Waals surface area contributed by atoms with E-state index in [-0.39, 0.29) is 47.6 Å². The number of rotatable bonds is 9. The summed E-state index contributed by atoms with van der Waals surface area (Å²) in [5.41, 5.74) is 0. The summed E-state index contributed by atoms with van der Waals surface area (Å²) in [6, 6.07) is 0. The Labute approximate surface area is 198 Å². The highest BCUT2D eigenvalue weighted by atomic mass is 28.4. The summed E-state index contributed by atoms with van der Waals surface area (Å²) in [5, 5.41) is 9.73. The molecule has 0 aliphatic carbocycles. The SMILES string of the molecule is CC[C@@H](CO)CC[C@@H]1O[C@]2(CC[C@H](C)[C@H](C[C@@H](C)O[Si](C)(C)C(C)(C)C)O2)CC(=O)[C@@H]1C. The molecule has 0 aromatic heterocycles. The van der Waals surface area contributed by atoms with Crippen molar-refractivity contribution in [3.05, 3.63) is 0 Å². The fraction of sp³-hybridized carbons (Fsp3) is 0.962. The number of carbonyl (C=O) groups excluding carboxylic acids is 1. The summed E-state index contributed by atoms with van der Waals surface area (Å²) in [6.07, 6.45) is 5.58. The number of carbonyl (C=O) groups is 1. The molecule has 2 fully saturated rings. The molecule has 32 heavy (non-hydrogen) atoms. The maximum Gasteiger partial charge on any atom is 0.192 e. The molecule has 1 N–H and O–H groups in total. The molecule has 0 aromatic rings. The fourth-order valence-corrected chi connectivity index (χ4v) is 6.28. The Morgan fingerprint density at radius 3 is 2.41 bits per heavy atom. The Bertz CT molecular complexity index is 612. The smallest absolute Gasteiger partial charge is 0.192 e. The van der Waals surface area contributed by atoms with Gasteiger partial charge in [0, 0.05) is 25.0 Å². The van der Waals surface area contributed by atoms with E-state index in [0.717, 1.165) is 38.5 Å². The van der Waals surface area contributed by atoms with Crippen molar-refractivity contribution in [2.45, 2.75) is 136 Å². The van der Waals surface area contributed by atoms with E-state index in [2.05, 4.69) is 54.6 Å². The lowest BCUT2D eigenvalue weighted by Crippen LogP contribution is -2.55. The van der Waals surface area contributed by atoms with Gasteiger partial charge in [-0.3, -0.25) is 4.79 Å². The second kappa shape index (κ2) is 11.0. The van der Waals surface area contributed by atoms with Crippen molar-refractivity contribution in [2.75, 3.05) is 6.61 Å². The summed E-state index contributed by atoms with van der Waals surface area (Å²) in [6.45, 7) is 20.1. The van der Waals surface area contributed by atoms with E-state index in [1.807, 2.05) is 6.92 Å². The van der Waals surface area contributed by atoms with E-state index in [9.17, 15) is 9.90 Å². The topological polar surface area (TPSA) is 65.0 Å². The first-order valence-corrected chi connectivity index (χ1v) is 15.8. The highest BCUT2D eigenvalue weighted by Crippen LogP contribution is 2.44. The number of hydrogen-bond donors (Lipinski definition) is 1.